The molecule has 0 aromatic heterocycles. The van der Waals surface area contributed by atoms with Gasteiger partial charge in [-0.2, -0.15) is 0 Å². The lowest BCUT2D eigenvalue weighted by molar-refractivity contribution is -0.132. The van der Waals surface area contributed by atoms with Gasteiger partial charge in [0, 0.05) is 24.8 Å². The zero-order chi connectivity index (χ0) is 16.7. The third-order valence-electron chi connectivity index (χ3n) is 3.23. The average Bonchev–Trinajstić information content (AvgIpc) is 2.55. The molecule has 0 bridgehead atoms. The number of nitrogens with zero attached hydrogens (tertiary/aromatic N) is 1. The van der Waals surface area contributed by atoms with Gasteiger partial charge in [-0.3, -0.25) is 4.79 Å². The van der Waals surface area contributed by atoms with Crippen LogP contribution in [0.4, 0.5) is 11.4 Å². The summed E-state index contributed by atoms with van der Waals surface area (Å²) in [7, 11) is 0. The first-order valence-electron chi connectivity index (χ1n) is 7.47. The quantitative estimate of drug-likeness (QED) is 0.658. The summed E-state index contributed by atoms with van der Waals surface area (Å²) < 4.78 is 5.33. The minimum Gasteiger partial charge on any atom is -0.425 e. The number of anilines is 2. The number of carbonyl (C=O) groups excluding carboxylic acids is 2. The van der Waals surface area contributed by atoms with Gasteiger partial charge >= 0.3 is 5.97 Å². The first-order valence-corrected chi connectivity index (χ1v) is 7.47. The number of likely N-dealkylation sites (N-methyl/N-ethyl adjacent to an activating group) is 1. The molecule has 0 aliphatic rings. The summed E-state index contributed by atoms with van der Waals surface area (Å²) in [6, 6.07) is 16.4. The molecular weight excluding hydrogens is 292 g/mol. The van der Waals surface area contributed by atoms with Crippen molar-refractivity contribution in [1.29, 1.82) is 0 Å². The molecule has 5 nitrogen and oxygen atoms in total. The molecule has 120 valence electrons. The number of ether oxygens (including phenoxy) is 1. The Morgan fingerprint density at radius 3 is 2.26 bits per heavy atom. The molecule has 0 radical (unpaired) electrons. The molecule has 0 atom stereocenters. The van der Waals surface area contributed by atoms with Gasteiger partial charge in [0.15, 0.2) is 0 Å². The minimum atomic E-state index is -0.331. The van der Waals surface area contributed by atoms with Crippen LogP contribution in [0.1, 0.15) is 13.8 Å². The van der Waals surface area contributed by atoms with Gasteiger partial charge in [-0.25, -0.2) is 4.79 Å². The standard InChI is InChI=1S/C18H20N2O3/c1-3-20(16-7-5-4-6-8-16)13-18(22)23-17-11-9-15(10-12-17)19-14(2)21/h4-12H,3,13H2,1-2H3,(H,19,21). The van der Waals surface area contributed by atoms with Crippen LogP contribution in [-0.4, -0.2) is 25.0 Å². The zero-order valence-corrected chi connectivity index (χ0v) is 13.3. The van der Waals surface area contributed by atoms with E-state index in [4.69, 9.17) is 4.74 Å². The van der Waals surface area contributed by atoms with Gasteiger partial charge < -0.3 is 15.0 Å². The van der Waals surface area contributed by atoms with E-state index in [9.17, 15) is 9.59 Å². The summed E-state index contributed by atoms with van der Waals surface area (Å²) in [6.07, 6.45) is 0. The van der Waals surface area contributed by atoms with Gasteiger partial charge in [-0.05, 0) is 43.3 Å². The molecule has 23 heavy (non-hydrogen) atoms. The summed E-state index contributed by atoms with van der Waals surface area (Å²) in [5.74, 6) is -0.0209. The van der Waals surface area contributed by atoms with Crippen LogP contribution in [-0.2, 0) is 9.59 Å². The third kappa shape index (κ3) is 5.14. The molecule has 1 amide bonds. The molecule has 0 saturated carbocycles. The fourth-order valence-corrected chi connectivity index (χ4v) is 2.15. The van der Waals surface area contributed by atoms with Crippen molar-refractivity contribution < 1.29 is 14.3 Å². The van der Waals surface area contributed by atoms with E-state index in [2.05, 4.69) is 5.32 Å². The second kappa shape index (κ2) is 7.98. The molecule has 0 heterocycles. The fourth-order valence-electron chi connectivity index (χ4n) is 2.15. The van der Waals surface area contributed by atoms with E-state index in [-0.39, 0.29) is 18.4 Å². The maximum Gasteiger partial charge on any atom is 0.330 e. The molecule has 0 aliphatic carbocycles. The third-order valence-corrected chi connectivity index (χ3v) is 3.23. The van der Waals surface area contributed by atoms with Gasteiger partial charge in [-0.15, -0.1) is 0 Å². The molecule has 2 aromatic carbocycles. The largest absolute Gasteiger partial charge is 0.425 e. The van der Waals surface area contributed by atoms with Crippen LogP contribution in [0, 0.1) is 0 Å². The number of para-hydroxylation sites is 1. The van der Waals surface area contributed by atoms with Crippen LogP contribution in [0.3, 0.4) is 0 Å². The predicted octanol–water partition coefficient (Wildman–Crippen LogP) is 3.08. The van der Waals surface area contributed by atoms with Crippen LogP contribution in [0.5, 0.6) is 5.75 Å². The highest BCUT2D eigenvalue weighted by Crippen LogP contribution is 2.17. The molecular formula is C18H20N2O3. The summed E-state index contributed by atoms with van der Waals surface area (Å²) in [5.41, 5.74) is 1.64. The zero-order valence-electron chi connectivity index (χ0n) is 13.3. The Bertz CT molecular complexity index is 654. The molecule has 5 heteroatoms. The molecule has 1 N–H and O–H groups in total. The van der Waals surface area contributed by atoms with Gasteiger partial charge in [0.25, 0.3) is 0 Å². The van der Waals surface area contributed by atoms with Crippen LogP contribution in [0.25, 0.3) is 0 Å². The SMILES string of the molecule is CCN(CC(=O)Oc1ccc(NC(C)=O)cc1)c1ccccc1. The lowest BCUT2D eigenvalue weighted by Gasteiger charge is -2.21. The molecule has 0 aliphatic heterocycles. The Labute approximate surface area is 135 Å². The summed E-state index contributed by atoms with van der Waals surface area (Å²) in [5, 5.41) is 2.66. The van der Waals surface area contributed by atoms with Crippen molar-refractivity contribution in [3.05, 3.63) is 54.6 Å². The molecule has 2 rings (SSSR count). The maximum atomic E-state index is 12.1. The number of carbonyl (C=O) groups is 2. The van der Waals surface area contributed by atoms with Crippen molar-refractivity contribution in [2.45, 2.75) is 13.8 Å². The van der Waals surface area contributed by atoms with Crippen LogP contribution < -0.4 is 15.0 Å². The van der Waals surface area contributed by atoms with Crippen molar-refractivity contribution >= 4 is 23.3 Å². The van der Waals surface area contributed by atoms with Crippen molar-refractivity contribution in [2.24, 2.45) is 0 Å². The molecule has 0 saturated heterocycles. The highest BCUT2D eigenvalue weighted by Gasteiger charge is 2.11. The Balaban J connectivity index is 1.94. The lowest BCUT2D eigenvalue weighted by atomic mass is 10.3. The van der Waals surface area contributed by atoms with E-state index in [0.29, 0.717) is 18.0 Å². The van der Waals surface area contributed by atoms with E-state index in [1.165, 1.54) is 6.92 Å². The lowest BCUT2D eigenvalue weighted by Crippen LogP contribution is -2.32. The monoisotopic (exact) mass is 312 g/mol. The van der Waals surface area contributed by atoms with Crippen molar-refractivity contribution in [3.63, 3.8) is 0 Å². The highest BCUT2D eigenvalue weighted by molar-refractivity contribution is 5.88. The van der Waals surface area contributed by atoms with E-state index >= 15 is 0 Å². The van der Waals surface area contributed by atoms with Gasteiger partial charge in [0.05, 0.1) is 0 Å². The van der Waals surface area contributed by atoms with E-state index in [1.54, 1.807) is 24.3 Å². The smallest absolute Gasteiger partial charge is 0.330 e. The topological polar surface area (TPSA) is 58.6 Å². The Kier molecular flexibility index (Phi) is 5.74. The number of amides is 1. The van der Waals surface area contributed by atoms with Crippen molar-refractivity contribution in [2.75, 3.05) is 23.3 Å². The second-order valence-electron chi connectivity index (χ2n) is 5.03. The van der Waals surface area contributed by atoms with Crippen molar-refractivity contribution in [3.8, 4) is 5.75 Å². The van der Waals surface area contributed by atoms with Gasteiger partial charge in [0.1, 0.15) is 12.3 Å². The van der Waals surface area contributed by atoms with E-state index in [1.807, 2.05) is 42.2 Å². The van der Waals surface area contributed by atoms with E-state index in [0.717, 1.165) is 5.69 Å². The number of hydrogen-bond acceptors (Lipinski definition) is 4. The highest BCUT2D eigenvalue weighted by atomic mass is 16.5. The number of benzene rings is 2. The van der Waals surface area contributed by atoms with Crippen molar-refractivity contribution in [1.82, 2.24) is 0 Å². The number of rotatable bonds is 6. The summed E-state index contributed by atoms with van der Waals surface area (Å²) in [6.45, 7) is 4.31. The Morgan fingerprint density at radius 2 is 1.70 bits per heavy atom. The van der Waals surface area contributed by atoms with E-state index < -0.39 is 0 Å². The molecule has 0 spiro atoms. The minimum absolute atomic E-state index is 0.142. The normalized spacial score (nSPS) is 10.0. The molecule has 2 aromatic rings. The predicted molar refractivity (Wildman–Crippen MR) is 90.7 cm³/mol. The van der Waals surface area contributed by atoms with Crippen LogP contribution in [0.15, 0.2) is 54.6 Å². The Morgan fingerprint density at radius 1 is 1.04 bits per heavy atom. The molecule has 0 fully saturated rings. The van der Waals surface area contributed by atoms with Crippen LogP contribution in [0.2, 0.25) is 0 Å². The first-order chi connectivity index (χ1) is 11.1. The Hall–Kier alpha value is -2.82. The maximum absolute atomic E-state index is 12.1. The summed E-state index contributed by atoms with van der Waals surface area (Å²) in [4.78, 5) is 25.0. The van der Waals surface area contributed by atoms with Gasteiger partial charge in [-0.1, -0.05) is 18.2 Å². The fraction of sp³-hybridized carbons (Fsp3) is 0.222. The van der Waals surface area contributed by atoms with Crippen LogP contribution >= 0.6 is 0 Å². The molecule has 0 unspecified atom stereocenters. The number of esters is 1. The number of hydrogen-bond donors (Lipinski definition) is 1. The van der Waals surface area contributed by atoms with Gasteiger partial charge in [0.2, 0.25) is 5.91 Å². The average molecular weight is 312 g/mol. The summed E-state index contributed by atoms with van der Waals surface area (Å²) >= 11 is 0. The second-order valence-corrected chi connectivity index (χ2v) is 5.03. The first kappa shape index (κ1) is 16.5. The number of nitrogens with one attached hydrogen (secondary N) is 1.